The summed E-state index contributed by atoms with van der Waals surface area (Å²) in [4.78, 5) is 26.5. The van der Waals surface area contributed by atoms with Crippen molar-refractivity contribution < 1.29 is 19.1 Å². The normalized spacial score (nSPS) is 13.3. The first-order valence-corrected chi connectivity index (χ1v) is 9.50. The lowest BCUT2D eigenvalue weighted by atomic mass is 10.1. The van der Waals surface area contributed by atoms with Crippen molar-refractivity contribution in [2.75, 3.05) is 32.6 Å². The third-order valence-corrected chi connectivity index (χ3v) is 4.86. The van der Waals surface area contributed by atoms with Gasteiger partial charge in [0.2, 0.25) is 5.91 Å². The molecule has 1 heterocycles. The third kappa shape index (κ3) is 5.03. The average Bonchev–Trinajstić information content (AvgIpc) is 3.27. The number of nitrogens with zero attached hydrogens (tertiary/aromatic N) is 1. The first-order chi connectivity index (χ1) is 13.6. The molecule has 1 N–H and O–H groups in total. The second-order valence-corrected chi connectivity index (χ2v) is 6.85. The molecule has 0 atom stereocenters. The number of nitrogens with one attached hydrogen (secondary N) is 1. The van der Waals surface area contributed by atoms with E-state index < -0.39 is 0 Å². The molecule has 1 aliphatic rings. The maximum absolute atomic E-state index is 12.4. The Hall–Kier alpha value is -3.02. The molecule has 2 amide bonds. The van der Waals surface area contributed by atoms with Gasteiger partial charge in [0.1, 0.15) is 11.5 Å². The maximum Gasteiger partial charge on any atom is 0.253 e. The van der Waals surface area contributed by atoms with Crippen LogP contribution >= 0.6 is 0 Å². The summed E-state index contributed by atoms with van der Waals surface area (Å²) in [6.07, 6.45) is 3.05. The second-order valence-electron chi connectivity index (χ2n) is 6.85. The van der Waals surface area contributed by atoms with Crippen molar-refractivity contribution in [1.29, 1.82) is 0 Å². The lowest BCUT2D eigenvalue weighted by Crippen LogP contribution is -2.27. The lowest BCUT2D eigenvalue weighted by Gasteiger charge is -2.15. The van der Waals surface area contributed by atoms with Crippen LogP contribution in [0.3, 0.4) is 0 Å². The average molecular weight is 382 g/mol. The molecule has 6 heteroatoms. The molecule has 3 rings (SSSR count). The number of hydrogen-bond donors (Lipinski definition) is 1. The highest BCUT2D eigenvalue weighted by Crippen LogP contribution is 2.23. The zero-order valence-corrected chi connectivity index (χ0v) is 16.4. The molecule has 0 unspecified atom stereocenters. The molecule has 28 heavy (non-hydrogen) atoms. The zero-order valence-electron chi connectivity index (χ0n) is 16.4. The molecule has 0 bridgehead atoms. The maximum atomic E-state index is 12.4. The highest BCUT2D eigenvalue weighted by atomic mass is 16.5. The van der Waals surface area contributed by atoms with Gasteiger partial charge in [-0.1, -0.05) is 0 Å². The van der Waals surface area contributed by atoms with E-state index in [0.717, 1.165) is 31.5 Å². The zero-order chi connectivity index (χ0) is 19.9. The Balaban J connectivity index is 1.54. The summed E-state index contributed by atoms with van der Waals surface area (Å²) in [6.45, 7) is 1.65. The number of likely N-dealkylation sites (tertiary alicyclic amines) is 1. The van der Waals surface area contributed by atoms with Crippen LogP contribution in [0.15, 0.2) is 42.5 Å². The summed E-state index contributed by atoms with van der Waals surface area (Å²) in [5, 5.41) is 2.88. The van der Waals surface area contributed by atoms with Gasteiger partial charge in [-0.15, -0.1) is 0 Å². The van der Waals surface area contributed by atoms with Crippen LogP contribution in [0.1, 0.15) is 35.2 Å². The molecular formula is C22H26N2O4. The standard InChI is InChI=1S/C22H26N2O4/c1-27-19-13-16(14-20(15-19)28-2)5-10-21(25)23-18-8-6-17(7-9-18)22(26)24-11-3-4-12-24/h6-9,13-15H,3-5,10-12H2,1-2H3,(H,23,25). The summed E-state index contributed by atoms with van der Waals surface area (Å²) in [7, 11) is 3.20. The van der Waals surface area contributed by atoms with Crippen molar-refractivity contribution in [2.45, 2.75) is 25.7 Å². The number of amides is 2. The van der Waals surface area contributed by atoms with Crippen LogP contribution < -0.4 is 14.8 Å². The van der Waals surface area contributed by atoms with E-state index in [9.17, 15) is 9.59 Å². The monoisotopic (exact) mass is 382 g/mol. The van der Waals surface area contributed by atoms with Gasteiger partial charge in [-0.2, -0.15) is 0 Å². The number of hydrogen-bond acceptors (Lipinski definition) is 4. The van der Waals surface area contributed by atoms with E-state index in [0.29, 0.717) is 35.6 Å². The van der Waals surface area contributed by atoms with Crippen molar-refractivity contribution in [1.82, 2.24) is 4.90 Å². The van der Waals surface area contributed by atoms with Gasteiger partial charge >= 0.3 is 0 Å². The number of carbonyl (C=O) groups is 2. The lowest BCUT2D eigenvalue weighted by molar-refractivity contribution is -0.116. The SMILES string of the molecule is COc1cc(CCC(=O)Nc2ccc(C(=O)N3CCCC3)cc2)cc(OC)c1. The molecule has 2 aromatic rings. The number of methoxy groups -OCH3 is 2. The van der Waals surface area contributed by atoms with Gasteiger partial charge in [0.25, 0.3) is 5.91 Å². The highest BCUT2D eigenvalue weighted by molar-refractivity contribution is 5.96. The van der Waals surface area contributed by atoms with E-state index in [1.807, 2.05) is 17.0 Å². The molecule has 0 aromatic heterocycles. The largest absolute Gasteiger partial charge is 0.497 e. The Kier molecular flexibility index (Phi) is 6.53. The predicted octanol–water partition coefficient (Wildman–Crippen LogP) is 3.51. The van der Waals surface area contributed by atoms with Gasteiger partial charge in [-0.3, -0.25) is 9.59 Å². The highest BCUT2D eigenvalue weighted by Gasteiger charge is 2.19. The van der Waals surface area contributed by atoms with Crippen LogP contribution in [-0.4, -0.2) is 44.0 Å². The first kappa shape index (κ1) is 19.7. The number of anilines is 1. The van der Waals surface area contributed by atoms with E-state index in [2.05, 4.69) is 5.32 Å². The molecule has 0 aliphatic carbocycles. The van der Waals surface area contributed by atoms with Gasteiger partial charge < -0.3 is 19.7 Å². The fourth-order valence-electron chi connectivity index (χ4n) is 3.29. The Bertz CT molecular complexity index is 805. The van der Waals surface area contributed by atoms with Gasteiger partial charge in [0.15, 0.2) is 0 Å². The summed E-state index contributed by atoms with van der Waals surface area (Å²) in [5.74, 6) is 1.38. The fourth-order valence-corrected chi connectivity index (χ4v) is 3.29. The van der Waals surface area contributed by atoms with Crippen LogP contribution in [0.5, 0.6) is 11.5 Å². The van der Waals surface area contributed by atoms with Crippen molar-refractivity contribution >= 4 is 17.5 Å². The number of rotatable bonds is 7. The fraction of sp³-hybridized carbons (Fsp3) is 0.364. The summed E-state index contributed by atoms with van der Waals surface area (Å²) in [5.41, 5.74) is 2.31. The van der Waals surface area contributed by atoms with Crippen LogP contribution in [0.4, 0.5) is 5.69 Å². The van der Waals surface area contributed by atoms with E-state index in [1.54, 1.807) is 44.6 Å². The van der Waals surface area contributed by atoms with Crippen LogP contribution in [0, 0.1) is 0 Å². The Morgan fingerprint density at radius 2 is 1.57 bits per heavy atom. The number of benzene rings is 2. The minimum Gasteiger partial charge on any atom is -0.497 e. The van der Waals surface area contributed by atoms with Gasteiger partial charge in [0, 0.05) is 36.8 Å². The minimum absolute atomic E-state index is 0.0577. The summed E-state index contributed by atoms with van der Waals surface area (Å²) < 4.78 is 10.5. The Labute approximate surface area is 165 Å². The Morgan fingerprint density at radius 1 is 0.964 bits per heavy atom. The molecule has 0 radical (unpaired) electrons. The first-order valence-electron chi connectivity index (χ1n) is 9.50. The van der Waals surface area contributed by atoms with Crippen LogP contribution in [-0.2, 0) is 11.2 Å². The molecule has 1 fully saturated rings. The molecule has 1 aliphatic heterocycles. The second kappa shape index (κ2) is 9.26. The number of ether oxygens (including phenoxy) is 2. The molecule has 0 saturated carbocycles. The molecule has 148 valence electrons. The van der Waals surface area contributed by atoms with Gasteiger partial charge in [-0.05, 0) is 61.2 Å². The van der Waals surface area contributed by atoms with Gasteiger partial charge in [-0.25, -0.2) is 0 Å². The van der Waals surface area contributed by atoms with E-state index in [4.69, 9.17) is 9.47 Å². The molecule has 2 aromatic carbocycles. The molecular weight excluding hydrogens is 356 g/mol. The summed E-state index contributed by atoms with van der Waals surface area (Å²) in [6, 6.07) is 12.7. The smallest absolute Gasteiger partial charge is 0.253 e. The van der Waals surface area contributed by atoms with Gasteiger partial charge in [0.05, 0.1) is 14.2 Å². The number of carbonyl (C=O) groups excluding carboxylic acids is 2. The van der Waals surface area contributed by atoms with Crippen molar-refractivity contribution in [2.24, 2.45) is 0 Å². The molecule has 6 nitrogen and oxygen atoms in total. The van der Waals surface area contributed by atoms with Crippen LogP contribution in [0.25, 0.3) is 0 Å². The summed E-state index contributed by atoms with van der Waals surface area (Å²) >= 11 is 0. The topological polar surface area (TPSA) is 67.9 Å². The minimum atomic E-state index is -0.0830. The van der Waals surface area contributed by atoms with Crippen LogP contribution in [0.2, 0.25) is 0 Å². The van der Waals surface area contributed by atoms with E-state index >= 15 is 0 Å². The van der Waals surface area contributed by atoms with Crippen molar-refractivity contribution in [3.63, 3.8) is 0 Å². The van der Waals surface area contributed by atoms with Crippen molar-refractivity contribution in [3.8, 4) is 11.5 Å². The predicted molar refractivity (Wildman–Crippen MR) is 108 cm³/mol. The third-order valence-electron chi connectivity index (χ3n) is 4.86. The van der Waals surface area contributed by atoms with E-state index in [-0.39, 0.29) is 11.8 Å². The quantitative estimate of drug-likeness (QED) is 0.796. The molecule has 0 spiro atoms. The number of aryl methyl sites for hydroxylation is 1. The van der Waals surface area contributed by atoms with E-state index in [1.165, 1.54) is 0 Å². The molecule has 1 saturated heterocycles. The Morgan fingerprint density at radius 3 is 2.14 bits per heavy atom. The van der Waals surface area contributed by atoms with Crippen molar-refractivity contribution in [3.05, 3.63) is 53.6 Å².